The molecule has 0 saturated heterocycles. The van der Waals surface area contributed by atoms with Crippen molar-refractivity contribution in [3.63, 3.8) is 0 Å². The van der Waals surface area contributed by atoms with Crippen molar-refractivity contribution in [2.24, 2.45) is 0 Å². The highest BCUT2D eigenvalue weighted by atomic mass is 79.9. The maximum atomic E-state index is 13.6. The smallest absolute Gasteiger partial charge is 0.255 e. The summed E-state index contributed by atoms with van der Waals surface area (Å²) >= 11 is 8.42. The minimum atomic E-state index is -0.513. The van der Waals surface area contributed by atoms with Gasteiger partial charge in [0.25, 0.3) is 5.91 Å². The zero-order valence-corrected chi connectivity index (χ0v) is 17.0. The lowest BCUT2D eigenvalue weighted by Crippen LogP contribution is -2.45. The molecule has 5 nitrogen and oxygen atoms in total. The van der Waals surface area contributed by atoms with Gasteiger partial charge in [0.15, 0.2) is 5.11 Å². The number of thiocarbonyl (C=S) groups is 1. The van der Waals surface area contributed by atoms with Gasteiger partial charge in [-0.15, -0.1) is 0 Å². The Morgan fingerprint density at radius 2 is 2.07 bits per heavy atom. The fourth-order valence-electron chi connectivity index (χ4n) is 2.84. The minimum absolute atomic E-state index is 0.297. The van der Waals surface area contributed by atoms with Crippen molar-refractivity contribution in [2.75, 3.05) is 12.4 Å². The maximum Gasteiger partial charge on any atom is 0.255 e. The molecule has 0 aromatic heterocycles. The van der Waals surface area contributed by atoms with E-state index in [0.29, 0.717) is 37.9 Å². The Hall–Kier alpha value is -2.45. The molecule has 1 unspecified atom stereocenters. The fraction of sp³-hybridized carbons (Fsp3) is 0.158. The van der Waals surface area contributed by atoms with Gasteiger partial charge in [-0.2, -0.15) is 0 Å². The van der Waals surface area contributed by atoms with E-state index in [1.54, 1.807) is 50.4 Å². The van der Waals surface area contributed by atoms with E-state index in [4.69, 9.17) is 17.0 Å². The van der Waals surface area contributed by atoms with Crippen molar-refractivity contribution in [1.29, 1.82) is 0 Å². The van der Waals surface area contributed by atoms with Gasteiger partial charge in [-0.05, 0) is 64.9 Å². The number of hydrogen-bond donors (Lipinski definition) is 3. The second-order valence-electron chi connectivity index (χ2n) is 5.93. The van der Waals surface area contributed by atoms with Gasteiger partial charge < -0.3 is 20.7 Å². The summed E-state index contributed by atoms with van der Waals surface area (Å²) < 4.78 is 19.1. The molecule has 1 heterocycles. The summed E-state index contributed by atoms with van der Waals surface area (Å²) in [4.78, 5) is 13.0. The van der Waals surface area contributed by atoms with Crippen LogP contribution in [-0.4, -0.2) is 18.1 Å². The number of rotatable bonds is 4. The second-order valence-corrected chi connectivity index (χ2v) is 7.19. The number of methoxy groups -OCH3 is 1. The van der Waals surface area contributed by atoms with E-state index in [9.17, 15) is 9.18 Å². The molecular weight excluding hydrogens is 433 g/mol. The highest BCUT2D eigenvalue weighted by molar-refractivity contribution is 9.10. The van der Waals surface area contributed by atoms with Crippen molar-refractivity contribution >= 4 is 44.9 Å². The Balaban J connectivity index is 1.95. The van der Waals surface area contributed by atoms with Gasteiger partial charge in [-0.1, -0.05) is 12.1 Å². The Morgan fingerprint density at radius 1 is 1.30 bits per heavy atom. The molecule has 1 atom stereocenters. The molecule has 2 aromatic rings. The van der Waals surface area contributed by atoms with Crippen LogP contribution in [0.2, 0.25) is 0 Å². The molecule has 1 aliphatic heterocycles. The number of halogens is 2. The van der Waals surface area contributed by atoms with Crippen LogP contribution in [0.5, 0.6) is 5.75 Å². The van der Waals surface area contributed by atoms with Crippen molar-refractivity contribution < 1.29 is 13.9 Å². The first kappa shape index (κ1) is 19.3. The molecule has 27 heavy (non-hydrogen) atoms. The average Bonchev–Trinajstić information content (AvgIpc) is 2.63. The SMILES string of the molecule is COc1cccc(NC(=O)C2=C(C)NC(=S)NC2c2ccc(F)c(Br)c2)c1. The number of carbonyl (C=O) groups is 1. The highest BCUT2D eigenvalue weighted by Crippen LogP contribution is 2.30. The van der Waals surface area contributed by atoms with Crippen molar-refractivity contribution in [3.05, 3.63) is 69.6 Å². The van der Waals surface area contributed by atoms with Crippen molar-refractivity contribution in [2.45, 2.75) is 13.0 Å². The third kappa shape index (κ3) is 4.28. The summed E-state index contributed by atoms with van der Waals surface area (Å²) in [6, 6.07) is 11.2. The molecule has 1 aliphatic rings. The monoisotopic (exact) mass is 449 g/mol. The molecule has 0 bridgehead atoms. The number of amides is 1. The number of hydrogen-bond acceptors (Lipinski definition) is 3. The number of nitrogens with one attached hydrogen (secondary N) is 3. The molecule has 140 valence electrons. The van der Waals surface area contributed by atoms with Gasteiger partial charge in [0.1, 0.15) is 11.6 Å². The summed E-state index contributed by atoms with van der Waals surface area (Å²) in [5.41, 5.74) is 2.41. The molecule has 0 saturated carbocycles. The molecule has 0 fully saturated rings. The third-order valence-electron chi connectivity index (χ3n) is 4.12. The Morgan fingerprint density at radius 3 is 2.78 bits per heavy atom. The highest BCUT2D eigenvalue weighted by Gasteiger charge is 2.30. The quantitative estimate of drug-likeness (QED) is 0.615. The predicted octanol–water partition coefficient (Wildman–Crippen LogP) is 4.03. The van der Waals surface area contributed by atoms with E-state index < -0.39 is 6.04 Å². The lowest BCUT2D eigenvalue weighted by Gasteiger charge is -2.30. The van der Waals surface area contributed by atoms with Crippen LogP contribution in [0.3, 0.4) is 0 Å². The summed E-state index contributed by atoms with van der Waals surface area (Å²) in [7, 11) is 1.56. The van der Waals surface area contributed by atoms with Crippen LogP contribution in [0.15, 0.2) is 58.2 Å². The molecule has 2 aromatic carbocycles. The summed E-state index contributed by atoms with van der Waals surface area (Å²) in [6.07, 6.45) is 0. The average molecular weight is 450 g/mol. The molecule has 3 rings (SSSR count). The zero-order valence-electron chi connectivity index (χ0n) is 14.6. The molecule has 0 radical (unpaired) electrons. The Kier molecular flexibility index (Phi) is 5.76. The standard InChI is InChI=1S/C19H17BrFN3O2S/c1-10-16(18(25)23-12-4-3-5-13(9-12)26-2)17(24-19(27)22-10)11-6-7-15(21)14(20)8-11/h3-9,17H,1-2H3,(H,23,25)(H2,22,24,27). The van der Waals surface area contributed by atoms with Crippen LogP contribution >= 0.6 is 28.1 Å². The zero-order chi connectivity index (χ0) is 19.6. The molecule has 1 amide bonds. The van der Waals surface area contributed by atoms with Gasteiger partial charge in [0.05, 0.1) is 23.2 Å². The van der Waals surface area contributed by atoms with E-state index in [2.05, 4.69) is 31.9 Å². The lowest BCUT2D eigenvalue weighted by molar-refractivity contribution is -0.113. The molecule has 8 heteroatoms. The molecule has 0 aliphatic carbocycles. The van der Waals surface area contributed by atoms with Gasteiger partial charge in [-0.25, -0.2) is 4.39 Å². The molecule has 3 N–H and O–H groups in total. The first-order valence-corrected chi connectivity index (χ1v) is 9.28. The summed E-state index contributed by atoms with van der Waals surface area (Å²) in [5.74, 6) is -0.0365. The van der Waals surface area contributed by atoms with Gasteiger partial charge in [0, 0.05) is 17.5 Å². The predicted molar refractivity (Wildman–Crippen MR) is 110 cm³/mol. The van der Waals surface area contributed by atoms with Crippen LogP contribution in [0.4, 0.5) is 10.1 Å². The van der Waals surface area contributed by atoms with Gasteiger partial charge >= 0.3 is 0 Å². The largest absolute Gasteiger partial charge is 0.497 e. The topological polar surface area (TPSA) is 62.4 Å². The van der Waals surface area contributed by atoms with E-state index in [1.807, 2.05) is 0 Å². The minimum Gasteiger partial charge on any atom is -0.497 e. The fourth-order valence-corrected chi connectivity index (χ4v) is 3.50. The van der Waals surface area contributed by atoms with Crippen LogP contribution in [-0.2, 0) is 4.79 Å². The van der Waals surface area contributed by atoms with E-state index in [-0.39, 0.29) is 11.7 Å². The number of allylic oxidation sites excluding steroid dienone is 1. The third-order valence-corrected chi connectivity index (χ3v) is 4.95. The number of ether oxygens (including phenoxy) is 1. The second kappa shape index (κ2) is 8.06. The molecule has 0 spiro atoms. The maximum absolute atomic E-state index is 13.6. The van der Waals surface area contributed by atoms with Crippen molar-refractivity contribution in [3.8, 4) is 5.75 Å². The van der Waals surface area contributed by atoms with Crippen LogP contribution in [0, 0.1) is 5.82 Å². The first-order valence-electron chi connectivity index (χ1n) is 8.07. The summed E-state index contributed by atoms with van der Waals surface area (Å²) in [6.45, 7) is 1.78. The van der Waals surface area contributed by atoms with Crippen molar-refractivity contribution in [1.82, 2.24) is 10.6 Å². The van der Waals surface area contributed by atoms with E-state index >= 15 is 0 Å². The van der Waals surface area contributed by atoms with E-state index in [0.717, 1.165) is 0 Å². The normalized spacial score (nSPS) is 16.4. The Labute approximate surface area is 170 Å². The lowest BCUT2D eigenvalue weighted by atomic mass is 9.95. The van der Waals surface area contributed by atoms with Gasteiger partial charge in [-0.3, -0.25) is 4.79 Å². The number of benzene rings is 2. The van der Waals surface area contributed by atoms with Crippen LogP contribution < -0.4 is 20.7 Å². The summed E-state index contributed by atoms with van der Waals surface area (Å²) in [5, 5.41) is 9.33. The molecular formula is C19H17BrFN3O2S. The Bertz CT molecular complexity index is 948. The van der Waals surface area contributed by atoms with E-state index in [1.165, 1.54) is 6.07 Å². The number of carbonyl (C=O) groups excluding carboxylic acids is 1. The number of anilines is 1. The van der Waals surface area contributed by atoms with Gasteiger partial charge in [0.2, 0.25) is 0 Å². The van der Waals surface area contributed by atoms with Crippen LogP contribution in [0.25, 0.3) is 0 Å². The first-order chi connectivity index (χ1) is 12.9. The van der Waals surface area contributed by atoms with Crippen LogP contribution in [0.1, 0.15) is 18.5 Å².